The molecule has 0 aliphatic carbocycles. The number of aryl methyl sites for hydroxylation is 3. The Morgan fingerprint density at radius 3 is 2.82 bits per heavy atom. The first-order chi connectivity index (χ1) is 5.24. The molecule has 3 heteroatoms. The van der Waals surface area contributed by atoms with Gasteiger partial charge in [-0.1, -0.05) is 15.9 Å². The van der Waals surface area contributed by atoms with Crippen molar-refractivity contribution in [2.75, 3.05) is 5.33 Å². The summed E-state index contributed by atoms with van der Waals surface area (Å²) in [7, 11) is 1.96. The fraction of sp³-hybridized carbons (Fsp3) is 0.625. The molecule has 0 bridgehead atoms. The Morgan fingerprint density at radius 2 is 2.36 bits per heavy atom. The molecule has 0 fully saturated rings. The molecule has 0 atom stereocenters. The van der Waals surface area contributed by atoms with Crippen LogP contribution >= 0.6 is 15.9 Å². The van der Waals surface area contributed by atoms with E-state index in [-0.39, 0.29) is 0 Å². The normalized spacial score (nSPS) is 10.5. The quantitative estimate of drug-likeness (QED) is 0.708. The van der Waals surface area contributed by atoms with Crippen LogP contribution in [0.25, 0.3) is 0 Å². The lowest BCUT2D eigenvalue weighted by Crippen LogP contribution is -1.86. The van der Waals surface area contributed by atoms with Crippen molar-refractivity contribution in [3.05, 3.63) is 17.5 Å². The Hall–Kier alpha value is -0.310. The van der Waals surface area contributed by atoms with Gasteiger partial charge in [-0.2, -0.15) is 5.10 Å². The van der Waals surface area contributed by atoms with E-state index in [0.717, 1.165) is 17.4 Å². The molecule has 0 unspecified atom stereocenters. The maximum Gasteiger partial charge on any atom is 0.0625 e. The van der Waals surface area contributed by atoms with Gasteiger partial charge in [0.1, 0.15) is 0 Å². The Balaban J connectivity index is 2.62. The van der Waals surface area contributed by atoms with Crippen LogP contribution in [0.1, 0.15) is 17.7 Å². The van der Waals surface area contributed by atoms with Crippen LogP contribution in [-0.4, -0.2) is 15.1 Å². The predicted octanol–water partition coefficient (Wildman–Crippen LogP) is 2.06. The molecule has 0 saturated carbocycles. The van der Waals surface area contributed by atoms with Crippen LogP contribution in [0.5, 0.6) is 0 Å². The second-order valence-electron chi connectivity index (χ2n) is 2.71. The predicted molar refractivity (Wildman–Crippen MR) is 50.1 cm³/mol. The molecule has 0 aliphatic heterocycles. The number of alkyl halides is 1. The van der Waals surface area contributed by atoms with Gasteiger partial charge in [0.25, 0.3) is 0 Å². The Morgan fingerprint density at radius 1 is 1.64 bits per heavy atom. The Labute approximate surface area is 75.7 Å². The van der Waals surface area contributed by atoms with E-state index in [1.165, 1.54) is 12.0 Å². The van der Waals surface area contributed by atoms with Gasteiger partial charge in [0, 0.05) is 18.6 Å². The van der Waals surface area contributed by atoms with Gasteiger partial charge < -0.3 is 0 Å². The van der Waals surface area contributed by atoms with Gasteiger partial charge in [0.2, 0.25) is 0 Å². The molecule has 0 spiro atoms. The maximum atomic E-state index is 4.27. The molecule has 1 rings (SSSR count). The lowest BCUT2D eigenvalue weighted by molar-refractivity contribution is 0.756. The number of aromatic nitrogens is 2. The highest BCUT2D eigenvalue weighted by Gasteiger charge is 2.00. The van der Waals surface area contributed by atoms with Gasteiger partial charge in [0.05, 0.1) is 5.69 Å². The minimum Gasteiger partial charge on any atom is -0.275 e. The lowest BCUT2D eigenvalue weighted by Gasteiger charge is -1.93. The van der Waals surface area contributed by atoms with E-state index in [0.29, 0.717) is 0 Å². The summed E-state index contributed by atoms with van der Waals surface area (Å²) in [6.45, 7) is 2.06. The van der Waals surface area contributed by atoms with Gasteiger partial charge in [-0.15, -0.1) is 0 Å². The number of nitrogens with zero attached hydrogens (tertiary/aromatic N) is 2. The summed E-state index contributed by atoms with van der Waals surface area (Å²) < 4.78 is 1.87. The summed E-state index contributed by atoms with van der Waals surface area (Å²) in [5.41, 5.74) is 2.53. The minimum atomic E-state index is 1.07. The van der Waals surface area contributed by atoms with Gasteiger partial charge in [-0.25, -0.2) is 0 Å². The zero-order valence-electron chi connectivity index (χ0n) is 6.97. The largest absolute Gasteiger partial charge is 0.275 e. The van der Waals surface area contributed by atoms with Crippen LogP contribution < -0.4 is 0 Å². The van der Waals surface area contributed by atoms with Crippen LogP contribution in [-0.2, 0) is 13.5 Å². The molecule has 0 saturated heterocycles. The zero-order chi connectivity index (χ0) is 8.27. The van der Waals surface area contributed by atoms with Gasteiger partial charge >= 0.3 is 0 Å². The van der Waals surface area contributed by atoms with Crippen molar-refractivity contribution in [2.45, 2.75) is 19.8 Å². The van der Waals surface area contributed by atoms with Crippen molar-refractivity contribution < 1.29 is 0 Å². The molecular formula is C8H13BrN2. The van der Waals surface area contributed by atoms with Crippen LogP contribution in [0, 0.1) is 6.92 Å². The maximum absolute atomic E-state index is 4.27. The summed E-state index contributed by atoms with van der Waals surface area (Å²) in [5, 5.41) is 5.34. The highest BCUT2D eigenvalue weighted by molar-refractivity contribution is 9.09. The Bertz CT molecular complexity index is 230. The Kier molecular flexibility index (Phi) is 3.12. The zero-order valence-corrected chi connectivity index (χ0v) is 8.56. The molecule has 0 radical (unpaired) electrons. The fourth-order valence-corrected chi connectivity index (χ4v) is 1.43. The summed E-state index contributed by atoms with van der Waals surface area (Å²) in [6, 6.07) is 0. The molecule has 1 aromatic rings. The van der Waals surface area contributed by atoms with E-state index < -0.39 is 0 Å². The third kappa shape index (κ3) is 2.33. The third-order valence-corrected chi connectivity index (χ3v) is 2.26. The second kappa shape index (κ2) is 3.90. The number of hydrogen-bond donors (Lipinski definition) is 0. The summed E-state index contributed by atoms with van der Waals surface area (Å²) in [6.07, 6.45) is 4.41. The van der Waals surface area contributed by atoms with Crippen LogP contribution in [0.15, 0.2) is 6.20 Å². The first-order valence-corrected chi connectivity index (χ1v) is 4.91. The smallest absolute Gasteiger partial charge is 0.0625 e. The summed E-state index contributed by atoms with van der Waals surface area (Å²) in [5.74, 6) is 0. The highest BCUT2D eigenvalue weighted by atomic mass is 79.9. The number of hydrogen-bond acceptors (Lipinski definition) is 1. The van der Waals surface area contributed by atoms with Crippen molar-refractivity contribution in [1.29, 1.82) is 0 Å². The van der Waals surface area contributed by atoms with E-state index in [2.05, 4.69) is 34.1 Å². The first kappa shape index (κ1) is 8.78. The first-order valence-electron chi connectivity index (χ1n) is 3.79. The molecule has 2 nitrogen and oxygen atoms in total. The van der Waals surface area contributed by atoms with Crippen molar-refractivity contribution in [2.24, 2.45) is 7.05 Å². The van der Waals surface area contributed by atoms with E-state index in [1.807, 2.05) is 11.7 Å². The monoisotopic (exact) mass is 216 g/mol. The average molecular weight is 217 g/mol. The second-order valence-corrected chi connectivity index (χ2v) is 3.50. The number of halogens is 1. The molecule has 62 valence electrons. The topological polar surface area (TPSA) is 17.8 Å². The van der Waals surface area contributed by atoms with Gasteiger partial charge in [-0.05, 0) is 25.3 Å². The molecule has 0 N–H and O–H groups in total. The summed E-state index contributed by atoms with van der Waals surface area (Å²) >= 11 is 3.41. The molecule has 0 aromatic carbocycles. The molecule has 1 heterocycles. The van der Waals surface area contributed by atoms with E-state index in [4.69, 9.17) is 0 Å². The molecule has 11 heavy (non-hydrogen) atoms. The fourth-order valence-electron chi connectivity index (χ4n) is 1.15. The third-order valence-electron chi connectivity index (χ3n) is 1.69. The van der Waals surface area contributed by atoms with Crippen LogP contribution in [0.2, 0.25) is 0 Å². The van der Waals surface area contributed by atoms with Crippen molar-refractivity contribution in [3.8, 4) is 0 Å². The van der Waals surface area contributed by atoms with Crippen molar-refractivity contribution >= 4 is 15.9 Å². The molecular weight excluding hydrogens is 204 g/mol. The van der Waals surface area contributed by atoms with Gasteiger partial charge in [0.15, 0.2) is 0 Å². The lowest BCUT2D eigenvalue weighted by atomic mass is 10.2. The highest BCUT2D eigenvalue weighted by Crippen LogP contribution is 2.07. The number of rotatable bonds is 3. The van der Waals surface area contributed by atoms with E-state index >= 15 is 0 Å². The van der Waals surface area contributed by atoms with Crippen molar-refractivity contribution in [3.63, 3.8) is 0 Å². The van der Waals surface area contributed by atoms with Crippen LogP contribution in [0.3, 0.4) is 0 Å². The van der Waals surface area contributed by atoms with Crippen molar-refractivity contribution in [1.82, 2.24) is 9.78 Å². The van der Waals surface area contributed by atoms with E-state index in [9.17, 15) is 0 Å². The van der Waals surface area contributed by atoms with E-state index in [1.54, 1.807) is 0 Å². The average Bonchev–Trinajstić information content (AvgIpc) is 2.26. The molecule has 1 aromatic heterocycles. The molecule has 0 aliphatic rings. The standard InChI is InChI=1S/C8H13BrN2/c1-7-8(4-3-5-9)6-11(2)10-7/h6H,3-5H2,1-2H3. The SMILES string of the molecule is Cc1nn(C)cc1CCCBr. The molecule has 0 amide bonds. The van der Waals surface area contributed by atoms with Gasteiger partial charge in [-0.3, -0.25) is 4.68 Å². The minimum absolute atomic E-state index is 1.07. The summed E-state index contributed by atoms with van der Waals surface area (Å²) in [4.78, 5) is 0. The van der Waals surface area contributed by atoms with Crippen LogP contribution in [0.4, 0.5) is 0 Å².